The van der Waals surface area contributed by atoms with Crippen LogP contribution in [0.25, 0.3) is 6.08 Å². The first-order chi connectivity index (χ1) is 19.9. The van der Waals surface area contributed by atoms with Crippen LogP contribution in [-0.4, -0.2) is 34.4 Å². The van der Waals surface area contributed by atoms with E-state index in [1.54, 1.807) is 86.3 Å². The summed E-state index contributed by atoms with van der Waals surface area (Å²) in [5.41, 5.74) is 2.02. The maximum absolute atomic E-state index is 13.2. The first-order valence-corrected chi connectivity index (χ1v) is 13.9. The number of thioether (sulfide) groups is 1. The summed E-state index contributed by atoms with van der Waals surface area (Å²) in [6.45, 7) is 0.420. The lowest BCUT2D eigenvalue weighted by molar-refractivity contribution is -0.122. The van der Waals surface area contributed by atoms with E-state index in [9.17, 15) is 9.90 Å². The van der Waals surface area contributed by atoms with E-state index in [1.807, 2.05) is 12.1 Å². The molecule has 11 heteroatoms. The number of carbonyl (C=O) groups excluding carboxylic acids is 1. The highest BCUT2D eigenvalue weighted by molar-refractivity contribution is 8.18. The van der Waals surface area contributed by atoms with E-state index in [1.165, 1.54) is 4.90 Å². The normalized spacial score (nSPS) is 15.4. The van der Waals surface area contributed by atoms with Gasteiger partial charge in [0.15, 0.2) is 16.7 Å². The molecule has 2 heterocycles. The Bertz CT molecular complexity index is 1650. The van der Waals surface area contributed by atoms with Gasteiger partial charge in [0, 0.05) is 21.2 Å². The van der Waals surface area contributed by atoms with Crippen LogP contribution in [0, 0.1) is 0 Å². The molecule has 0 radical (unpaired) electrons. The van der Waals surface area contributed by atoms with Crippen LogP contribution in [0.2, 0.25) is 10.0 Å². The second-order valence-corrected chi connectivity index (χ2v) is 10.6. The number of nitrogens with zero attached hydrogens (tertiary/aromatic N) is 3. The Morgan fingerprint density at radius 3 is 2.66 bits per heavy atom. The molecule has 0 atom stereocenters. The van der Waals surface area contributed by atoms with E-state index >= 15 is 0 Å². The lowest BCUT2D eigenvalue weighted by Gasteiger charge is -2.13. The van der Waals surface area contributed by atoms with Crippen LogP contribution in [0.15, 0.2) is 98.6 Å². The molecular formula is C30H23Cl2N3O5S. The Kier molecular flexibility index (Phi) is 8.98. The number of phenols is 1. The molecule has 1 aliphatic heterocycles. The zero-order valence-corrected chi connectivity index (χ0v) is 24.0. The van der Waals surface area contributed by atoms with E-state index in [4.69, 9.17) is 37.1 Å². The number of furan rings is 1. The van der Waals surface area contributed by atoms with Crippen LogP contribution in [0.1, 0.15) is 22.5 Å². The average molecular weight is 609 g/mol. The highest BCUT2D eigenvalue weighted by Crippen LogP contribution is 2.35. The predicted octanol–water partition coefficient (Wildman–Crippen LogP) is 7.39. The van der Waals surface area contributed by atoms with Gasteiger partial charge in [-0.1, -0.05) is 47.5 Å². The van der Waals surface area contributed by atoms with Crippen LogP contribution in [-0.2, 0) is 17.9 Å². The third kappa shape index (κ3) is 6.94. The van der Waals surface area contributed by atoms with Crippen LogP contribution in [0.5, 0.6) is 17.2 Å². The quantitative estimate of drug-likeness (QED) is 0.121. The second-order valence-electron chi connectivity index (χ2n) is 8.70. The summed E-state index contributed by atoms with van der Waals surface area (Å²) in [6, 6.07) is 20.9. The molecule has 0 unspecified atom stereocenters. The summed E-state index contributed by atoms with van der Waals surface area (Å²) in [5, 5.41) is 20.2. The van der Waals surface area contributed by atoms with Crippen LogP contribution in [0.4, 0.5) is 0 Å². The van der Waals surface area contributed by atoms with Crippen molar-refractivity contribution in [1.82, 2.24) is 4.90 Å². The number of aromatic hydroxyl groups is 1. The third-order valence-electron chi connectivity index (χ3n) is 5.94. The van der Waals surface area contributed by atoms with Gasteiger partial charge in [0.25, 0.3) is 5.91 Å². The Morgan fingerprint density at radius 1 is 1.05 bits per heavy atom. The SMILES string of the molecule is COc1cc(/C=N/N=C2\S/C(=C\c3ccccc3O)C(=O)N2Cc2ccco2)ccc1OCc1ccc(Cl)cc1Cl. The molecule has 1 saturated heterocycles. The Balaban J connectivity index is 1.34. The molecule has 1 fully saturated rings. The minimum atomic E-state index is -0.271. The lowest BCUT2D eigenvalue weighted by Crippen LogP contribution is -2.28. The number of rotatable bonds is 9. The first-order valence-electron chi connectivity index (χ1n) is 12.3. The Labute approximate surface area is 250 Å². The molecule has 1 aromatic heterocycles. The predicted molar refractivity (Wildman–Crippen MR) is 162 cm³/mol. The molecule has 3 aromatic carbocycles. The van der Waals surface area contributed by atoms with Gasteiger partial charge in [-0.25, -0.2) is 0 Å². The number of ether oxygens (including phenoxy) is 2. The molecule has 0 aliphatic carbocycles. The fourth-order valence-corrected chi connectivity index (χ4v) is 5.24. The van der Waals surface area contributed by atoms with Gasteiger partial charge in [-0.2, -0.15) is 5.10 Å². The smallest absolute Gasteiger partial charge is 0.267 e. The molecule has 4 aromatic rings. The fourth-order valence-electron chi connectivity index (χ4n) is 3.85. The van der Waals surface area contributed by atoms with E-state index < -0.39 is 0 Å². The summed E-state index contributed by atoms with van der Waals surface area (Å²) < 4.78 is 16.9. The molecular weight excluding hydrogens is 585 g/mol. The summed E-state index contributed by atoms with van der Waals surface area (Å²) in [7, 11) is 1.55. The van der Waals surface area contributed by atoms with Gasteiger partial charge in [-0.15, -0.1) is 5.10 Å². The molecule has 0 spiro atoms. The van der Waals surface area contributed by atoms with Crippen molar-refractivity contribution in [2.45, 2.75) is 13.2 Å². The minimum Gasteiger partial charge on any atom is -0.507 e. The maximum atomic E-state index is 13.2. The van der Waals surface area contributed by atoms with Crippen molar-refractivity contribution >= 4 is 58.3 Å². The number of carbonyl (C=O) groups is 1. The van der Waals surface area contributed by atoms with Crippen LogP contribution in [0.3, 0.4) is 0 Å². The summed E-state index contributed by atoms with van der Waals surface area (Å²) in [4.78, 5) is 15.1. The fraction of sp³-hybridized carbons (Fsp3) is 0.100. The van der Waals surface area contributed by atoms with Crippen molar-refractivity contribution < 1.29 is 23.8 Å². The molecule has 1 aliphatic rings. The van der Waals surface area contributed by atoms with Gasteiger partial charge < -0.3 is 19.0 Å². The zero-order chi connectivity index (χ0) is 28.8. The van der Waals surface area contributed by atoms with Crippen LogP contribution < -0.4 is 9.47 Å². The zero-order valence-electron chi connectivity index (χ0n) is 21.7. The number of benzene rings is 3. The largest absolute Gasteiger partial charge is 0.507 e. The Hall–Kier alpha value is -4.18. The molecule has 1 amide bonds. The van der Waals surface area contributed by atoms with E-state index in [0.717, 1.165) is 17.3 Å². The van der Waals surface area contributed by atoms with Crippen molar-refractivity contribution in [2.24, 2.45) is 10.2 Å². The maximum Gasteiger partial charge on any atom is 0.267 e. The minimum absolute atomic E-state index is 0.0760. The number of hydrogen-bond acceptors (Lipinski definition) is 8. The summed E-state index contributed by atoms with van der Waals surface area (Å²) >= 11 is 13.4. The van der Waals surface area contributed by atoms with Crippen molar-refractivity contribution in [3.05, 3.63) is 116 Å². The highest BCUT2D eigenvalue weighted by atomic mass is 35.5. The molecule has 208 valence electrons. The van der Waals surface area contributed by atoms with Crippen molar-refractivity contribution in [2.75, 3.05) is 7.11 Å². The van der Waals surface area contributed by atoms with Gasteiger partial charge in [0.05, 0.1) is 31.0 Å². The number of phenolic OH excluding ortho intramolecular Hbond substituents is 1. The van der Waals surface area contributed by atoms with Crippen molar-refractivity contribution in [3.8, 4) is 17.2 Å². The number of hydrogen-bond donors (Lipinski definition) is 1. The van der Waals surface area contributed by atoms with Crippen LogP contribution >= 0.6 is 35.0 Å². The number of amidine groups is 1. The molecule has 8 nitrogen and oxygen atoms in total. The Morgan fingerprint density at radius 2 is 1.90 bits per heavy atom. The molecule has 1 N–H and O–H groups in total. The van der Waals surface area contributed by atoms with Crippen molar-refractivity contribution in [1.29, 1.82) is 0 Å². The van der Waals surface area contributed by atoms with Gasteiger partial charge >= 0.3 is 0 Å². The molecule has 0 saturated carbocycles. The highest BCUT2D eigenvalue weighted by Gasteiger charge is 2.34. The van der Waals surface area contributed by atoms with E-state index in [2.05, 4.69) is 10.2 Å². The lowest BCUT2D eigenvalue weighted by atomic mass is 10.2. The van der Waals surface area contributed by atoms with Gasteiger partial charge in [0.1, 0.15) is 18.1 Å². The summed E-state index contributed by atoms with van der Waals surface area (Å²) in [5.74, 6) is 1.44. The van der Waals surface area contributed by atoms with E-state index in [-0.39, 0.29) is 24.8 Å². The number of halogens is 2. The number of amides is 1. The molecule has 0 bridgehead atoms. The van der Waals surface area contributed by atoms with Gasteiger partial charge in [-0.05, 0) is 71.9 Å². The van der Waals surface area contributed by atoms with Crippen molar-refractivity contribution in [3.63, 3.8) is 0 Å². The number of para-hydroxylation sites is 1. The first kappa shape index (κ1) is 28.4. The standard InChI is InChI=1S/C30H23Cl2N3O5S/c1-38-27-13-19(8-11-26(27)40-18-21-9-10-22(31)15-24(21)32)16-33-34-30-35(17-23-6-4-12-39-23)29(37)28(41-30)14-20-5-2-3-7-25(20)36/h2-16,36H,17-18H2,1H3/b28-14-,33-16+,34-30-. The second kappa shape index (κ2) is 13.0. The van der Waals surface area contributed by atoms with Gasteiger partial charge in [-0.3, -0.25) is 9.69 Å². The van der Waals surface area contributed by atoms with Gasteiger partial charge in [0.2, 0.25) is 0 Å². The third-order valence-corrected chi connectivity index (χ3v) is 7.53. The number of methoxy groups -OCH3 is 1. The monoisotopic (exact) mass is 607 g/mol. The average Bonchev–Trinajstić information content (AvgIpc) is 3.58. The molecule has 5 rings (SSSR count). The van der Waals surface area contributed by atoms with E-state index in [0.29, 0.717) is 48.5 Å². The summed E-state index contributed by atoms with van der Waals surface area (Å²) in [6.07, 6.45) is 4.72. The molecule has 41 heavy (non-hydrogen) atoms. The topological polar surface area (TPSA) is 96.9 Å².